The van der Waals surface area contributed by atoms with Crippen LogP contribution in [-0.4, -0.2) is 31.1 Å². The van der Waals surface area contributed by atoms with Crippen LogP contribution in [0.4, 0.5) is 0 Å². The summed E-state index contributed by atoms with van der Waals surface area (Å²) < 4.78 is 0. The molecule has 0 aromatic rings. The summed E-state index contributed by atoms with van der Waals surface area (Å²) in [5.74, 6) is 0. The van der Waals surface area contributed by atoms with Gasteiger partial charge in [-0.05, 0) is 19.4 Å². The van der Waals surface area contributed by atoms with Gasteiger partial charge >= 0.3 is 0 Å². The molecule has 60 valence electrons. The topological polar surface area (TPSA) is 39.1 Å². The Morgan fingerprint density at radius 1 is 1.45 bits per heavy atom. The van der Waals surface area contributed by atoms with Crippen LogP contribution in [0.3, 0.4) is 0 Å². The Kier molecular flexibility index (Phi) is 1.50. The maximum Gasteiger partial charge on any atom is 0.179 e. The van der Waals surface area contributed by atoms with E-state index in [1.54, 1.807) is 0 Å². The van der Waals surface area contributed by atoms with Crippen LogP contribution in [0.2, 0.25) is 0 Å². The lowest BCUT2D eigenvalue weighted by Crippen LogP contribution is -2.60. The molecular formula is C8H13N3. The lowest BCUT2D eigenvalue weighted by molar-refractivity contribution is 0.0239. The highest BCUT2D eigenvalue weighted by atomic mass is 15.2. The van der Waals surface area contributed by atoms with Crippen molar-refractivity contribution in [3.05, 3.63) is 0 Å². The molecule has 0 unspecified atom stereocenters. The molecule has 0 amide bonds. The Labute approximate surface area is 67.0 Å². The van der Waals surface area contributed by atoms with Crippen LogP contribution in [0.15, 0.2) is 0 Å². The van der Waals surface area contributed by atoms with E-state index in [1.165, 1.54) is 12.8 Å². The van der Waals surface area contributed by atoms with E-state index in [9.17, 15) is 0 Å². The van der Waals surface area contributed by atoms with Gasteiger partial charge in [-0.15, -0.1) is 0 Å². The molecule has 0 saturated carbocycles. The van der Waals surface area contributed by atoms with Crippen molar-refractivity contribution >= 4 is 0 Å². The van der Waals surface area contributed by atoms with Crippen LogP contribution in [0, 0.1) is 16.9 Å². The first-order valence-corrected chi connectivity index (χ1v) is 4.20. The normalized spacial score (nSPS) is 27.7. The fourth-order valence-corrected chi connectivity index (χ4v) is 2.13. The summed E-state index contributed by atoms with van der Waals surface area (Å²) in [5, 5.41) is 11.9. The summed E-state index contributed by atoms with van der Waals surface area (Å²) in [7, 11) is 0. The molecule has 2 heterocycles. The largest absolute Gasteiger partial charge is 0.316 e. The summed E-state index contributed by atoms with van der Waals surface area (Å²) in [5.41, 5.74) is 0.466. The smallest absolute Gasteiger partial charge is 0.179 e. The number of piperidine rings is 1. The van der Waals surface area contributed by atoms with Crippen LogP contribution in [0.25, 0.3) is 0 Å². The van der Waals surface area contributed by atoms with Crippen molar-refractivity contribution < 1.29 is 0 Å². The second-order valence-electron chi connectivity index (χ2n) is 3.74. The minimum Gasteiger partial charge on any atom is -0.316 e. The van der Waals surface area contributed by atoms with Gasteiger partial charge in [0.15, 0.2) is 6.19 Å². The molecule has 0 bridgehead atoms. The maximum absolute atomic E-state index is 8.56. The zero-order chi connectivity index (χ0) is 7.73. The second-order valence-corrected chi connectivity index (χ2v) is 3.74. The zero-order valence-corrected chi connectivity index (χ0v) is 6.64. The van der Waals surface area contributed by atoms with Crippen molar-refractivity contribution in [3.63, 3.8) is 0 Å². The van der Waals surface area contributed by atoms with Crippen LogP contribution in [0.1, 0.15) is 12.8 Å². The number of nitrogens with one attached hydrogen (secondary N) is 1. The number of rotatable bonds is 0. The van der Waals surface area contributed by atoms with Gasteiger partial charge < -0.3 is 10.2 Å². The number of hydrogen-bond acceptors (Lipinski definition) is 3. The lowest BCUT2D eigenvalue weighted by atomic mass is 9.74. The van der Waals surface area contributed by atoms with E-state index in [-0.39, 0.29) is 0 Å². The van der Waals surface area contributed by atoms with Crippen molar-refractivity contribution in [1.29, 1.82) is 5.26 Å². The van der Waals surface area contributed by atoms with Gasteiger partial charge in [-0.25, -0.2) is 0 Å². The molecule has 2 fully saturated rings. The Morgan fingerprint density at radius 2 is 2.27 bits per heavy atom. The predicted octanol–water partition coefficient (Wildman–Crippen LogP) is 0.153. The predicted molar refractivity (Wildman–Crippen MR) is 41.7 cm³/mol. The molecule has 0 aliphatic carbocycles. The van der Waals surface area contributed by atoms with E-state index in [0.717, 1.165) is 26.2 Å². The van der Waals surface area contributed by atoms with Gasteiger partial charge in [0.2, 0.25) is 0 Å². The first-order valence-electron chi connectivity index (χ1n) is 4.20. The second kappa shape index (κ2) is 2.38. The minimum atomic E-state index is 0.466. The molecule has 0 radical (unpaired) electrons. The third-order valence-corrected chi connectivity index (χ3v) is 2.75. The van der Waals surface area contributed by atoms with Crippen LogP contribution < -0.4 is 5.32 Å². The molecular weight excluding hydrogens is 138 g/mol. The van der Waals surface area contributed by atoms with E-state index >= 15 is 0 Å². The first-order chi connectivity index (χ1) is 5.35. The minimum absolute atomic E-state index is 0.466. The average molecular weight is 151 g/mol. The summed E-state index contributed by atoms with van der Waals surface area (Å²) in [6.07, 6.45) is 4.76. The zero-order valence-electron chi connectivity index (χ0n) is 6.64. The van der Waals surface area contributed by atoms with Gasteiger partial charge in [0.25, 0.3) is 0 Å². The standard InChI is InChI=1S/C8H13N3/c9-7-11-5-8(6-11)2-1-3-10-4-8/h10H,1-6H2. The summed E-state index contributed by atoms with van der Waals surface area (Å²) >= 11 is 0. The Morgan fingerprint density at radius 3 is 2.82 bits per heavy atom. The van der Waals surface area contributed by atoms with Crippen molar-refractivity contribution in [2.24, 2.45) is 5.41 Å². The number of nitriles is 1. The van der Waals surface area contributed by atoms with Crippen molar-refractivity contribution in [1.82, 2.24) is 10.2 Å². The fraction of sp³-hybridized carbons (Fsp3) is 0.875. The molecule has 0 aromatic heterocycles. The quantitative estimate of drug-likeness (QED) is 0.501. The molecule has 0 aromatic carbocycles. The van der Waals surface area contributed by atoms with Gasteiger partial charge in [-0.1, -0.05) is 0 Å². The van der Waals surface area contributed by atoms with Gasteiger partial charge in [-0.3, -0.25) is 0 Å². The van der Waals surface area contributed by atoms with Crippen molar-refractivity contribution in [3.8, 4) is 6.19 Å². The molecule has 3 heteroatoms. The third-order valence-electron chi connectivity index (χ3n) is 2.75. The van der Waals surface area contributed by atoms with E-state index < -0.39 is 0 Å². The molecule has 1 spiro atoms. The van der Waals surface area contributed by atoms with Crippen LogP contribution >= 0.6 is 0 Å². The van der Waals surface area contributed by atoms with Gasteiger partial charge in [-0.2, -0.15) is 5.26 Å². The SMILES string of the molecule is N#CN1CC2(CCCNC2)C1. The highest BCUT2D eigenvalue weighted by Gasteiger charge is 2.43. The average Bonchev–Trinajstić information content (AvgIpc) is 2.01. The molecule has 2 rings (SSSR count). The molecule has 2 saturated heterocycles. The van der Waals surface area contributed by atoms with Crippen molar-refractivity contribution in [2.45, 2.75) is 12.8 Å². The molecule has 3 nitrogen and oxygen atoms in total. The Balaban J connectivity index is 1.90. The van der Waals surface area contributed by atoms with Gasteiger partial charge in [0.05, 0.1) is 0 Å². The van der Waals surface area contributed by atoms with Crippen LogP contribution in [0.5, 0.6) is 0 Å². The maximum atomic E-state index is 8.56. The highest BCUT2D eigenvalue weighted by Crippen LogP contribution is 2.35. The number of likely N-dealkylation sites (tertiary alicyclic amines) is 1. The van der Waals surface area contributed by atoms with E-state index in [4.69, 9.17) is 5.26 Å². The molecule has 0 atom stereocenters. The Hall–Kier alpha value is -0.750. The van der Waals surface area contributed by atoms with E-state index in [1.807, 2.05) is 4.90 Å². The lowest BCUT2D eigenvalue weighted by Gasteiger charge is -2.49. The van der Waals surface area contributed by atoms with Gasteiger partial charge in [0, 0.05) is 25.0 Å². The third kappa shape index (κ3) is 1.08. The number of hydrogen-bond donors (Lipinski definition) is 1. The van der Waals surface area contributed by atoms with Crippen LogP contribution in [-0.2, 0) is 0 Å². The van der Waals surface area contributed by atoms with Gasteiger partial charge in [0.1, 0.15) is 0 Å². The molecule has 2 aliphatic rings. The van der Waals surface area contributed by atoms with Crippen molar-refractivity contribution in [2.75, 3.05) is 26.2 Å². The van der Waals surface area contributed by atoms with E-state index in [2.05, 4.69) is 11.5 Å². The number of nitrogens with zero attached hydrogens (tertiary/aromatic N) is 2. The summed E-state index contributed by atoms with van der Waals surface area (Å²) in [6, 6.07) is 0. The summed E-state index contributed by atoms with van der Waals surface area (Å²) in [6.45, 7) is 4.24. The summed E-state index contributed by atoms with van der Waals surface area (Å²) in [4.78, 5) is 1.84. The Bertz CT molecular complexity index is 180. The van der Waals surface area contributed by atoms with E-state index in [0.29, 0.717) is 5.41 Å². The highest BCUT2D eigenvalue weighted by molar-refractivity contribution is 5.02. The fourth-order valence-electron chi connectivity index (χ4n) is 2.13. The monoisotopic (exact) mass is 151 g/mol. The molecule has 11 heavy (non-hydrogen) atoms. The molecule has 2 aliphatic heterocycles. The first kappa shape index (κ1) is 6.93. The molecule has 1 N–H and O–H groups in total.